The number of fused-ring (bicyclic) bond motifs is 1. The van der Waals surface area contributed by atoms with Crippen molar-refractivity contribution in [1.82, 2.24) is 4.98 Å². The highest BCUT2D eigenvalue weighted by atomic mass is 16.5. The normalized spacial score (nSPS) is 11.0. The fraction of sp³-hybridized carbons (Fsp3) is 0.318. The number of benzene rings is 2. The number of rotatable bonds is 6. The van der Waals surface area contributed by atoms with Crippen LogP contribution < -0.4 is 10.1 Å². The molecule has 136 valence electrons. The lowest BCUT2D eigenvalue weighted by Crippen LogP contribution is -1.98. The van der Waals surface area contributed by atoms with Gasteiger partial charge in [-0.3, -0.25) is 4.98 Å². The first kappa shape index (κ1) is 18.2. The van der Waals surface area contributed by atoms with Crippen molar-refractivity contribution in [3.63, 3.8) is 0 Å². The topological polar surface area (TPSA) is 43.4 Å². The molecule has 4 heteroatoms. The number of aryl methyl sites for hydroxylation is 3. The first-order valence-electron chi connectivity index (χ1n) is 8.93. The summed E-state index contributed by atoms with van der Waals surface area (Å²) in [6.45, 7) is 6.89. The van der Waals surface area contributed by atoms with Crippen molar-refractivity contribution in [2.75, 3.05) is 19.5 Å². The standard InChI is InChI=1S/C22H26N2O2/c1-6-16-11-18-20(12-17(16)13-25-5)24-8-7-21(18)26-22-10-14(2)19(23-4)9-15(22)3/h7-12,23H,6,13H2,1-5H3. The first-order chi connectivity index (χ1) is 12.6. The van der Waals surface area contributed by atoms with Gasteiger partial charge in [-0.1, -0.05) is 6.92 Å². The lowest BCUT2D eigenvalue weighted by Gasteiger charge is -2.15. The molecule has 0 aliphatic carbocycles. The Bertz CT molecular complexity index is 935. The molecule has 0 aliphatic heterocycles. The molecule has 0 unspecified atom stereocenters. The van der Waals surface area contributed by atoms with E-state index in [1.54, 1.807) is 13.3 Å². The third-order valence-electron chi connectivity index (χ3n) is 4.71. The van der Waals surface area contributed by atoms with Crippen LogP contribution in [0, 0.1) is 13.8 Å². The molecular formula is C22H26N2O2. The Hall–Kier alpha value is -2.59. The molecule has 1 N–H and O–H groups in total. The first-order valence-corrected chi connectivity index (χ1v) is 8.93. The molecule has 0 saturated carbocycles. The fourth-order valence-electron chi connectivity index (χ4n) is 3.25. The number of aromatic nitrogens is 1. The number of nitrogens with zero attached hydrogens (tertiary/aromatic N) is 1. The molecule has 0 amide bonds. The van der Waals surface area contributed by atoms with Gasteiger partial charge in [0, 0.05) is 31.4 Å². The minimum Gasteiger partial charge on any atom is -0.456 e. The summed E-state index contributed by atoms with van der Waals surface area (Å²) >= 11 is 0. The van der Waals surface area contributed by atoms with E-state index in [1.165, 1.54) is 11.1 Å². The highest BCUT2D eigenvalue weighted by Gasteiger charge is 2.11. The van der Waals surface area contributed by atoms with Crippen LogP contribution >= 0.6 is 0 Å². The molecular weight excluding hydrogens is 324 g/mol. The quantitative estimate of drug-likeness (QED) is 0.647. The van der Waals surface area contributed by atoms with Gasteiger partial charge >= 0.3 is 0 Å². The van der Waals surface area contributed by atoms with Crippen LogP contribution in [-0.4, -0.2) is 19.1 Å². The van der Waals surface area contributed by atoms with Gasteiger partial charge < -0.3 is 14.8 Å². The van der Waals surface area contributed by atoms with Gasteiger partial charge in [-0.25, -0.2) is 0 Å². The van der Waals surface area contributed by atoms with E-state index >= 15 is 0 Å². The predicted molar refractivity (Wildman–Crippen MR) is 107 cm³/mol. The molecule has 0 aliphatic rings. The Balaban J connectivity index is 2.07. The zero-order valence-electron chi connectivity index (χ0n) is 16.1. The Morgan fingerprint density at radius 2 is 1.81 bits per heavy atom. The van der Waals surface area contributed by atoms with Crippen LogP contribution in [0.25, 0.3) is 10.9 Å². The van der Waals surface area contributed by atoms with Crippen LogP contribution in [-0.2, 0) is 17.8 Å². The molecule has 0 fully saturated rings. The lowest BCUT2D eigenvalue weighted by molar-refractivity contribution is 0.184. The number of hydrogen-bond acceptors (Lipinski definition) is 4. The van der Waals surface area contributed by atoms with E-state index in [0.717, 1.165) is 45.6 Å². The highest BCUT2D eigenvalue weighted by Crippen LogP contribution is 2.34. The number of ether oxygens (including phenoxy) is 2. The van der Waals surface area contributed by atoms with E-state index < -0.39 is 0 Å². The van der Waals surface area contributed by atoms with Gasteiger partial charge in [0.15, 0.2) is 0 Å². The summed E-state index contributed by atoms with van der Waals surface area (Å²) in [5.41, 5.74) is 6.73. The molecule has 3 aromatic rings. The molecule has 2 aromatic carbocycles. The van der Waals surface area contributed by atoms with Gasteiger partial charge in [-0.15, -0.1) is 0 Å². The molecule has 3 rings (SSSR count). The average Bonchev–Trinajstić information content (AvgIpc) is 2.64. The van der Waals surface area contributed by atoms with E-state index in [2.05, 4.69) is 55.3 Å². The Kier molecular flexibility index (Phi) is 5.43. The summed E-state index contributed by atoms with van der Waals surface area (Å²) in [4.78, 5) is 4.52. The average molecular weight is 350 g/mol. The van der Waals surface area contributed by atoms with Gasteiger partial charge in [0.1, 0.15) is 11.5 Å². The molecule has 1 aromatic heterocycles. The second-order valence-corrected chi connectivity index (χ2v) is 6.52. The van der Waals surface area contributed by atoms with Crippen molar-refractivity contribution in [1.29, 1.82) is 0 Å². The van der Waals surface area contributed by atoms with Crippen molar-refractivity contribution in [2.24, 2.45) is 0 Å². The number of anilines is 1. The van der Waals surface area contributed by atoms with Crippen molar-refractivity contribution in [3.05, 3.63) is 58.8 Å². The van der Waals surface area contributed by atoms with Crippen LogP contribution in [0.5, 0.6) is 11.5 Å². The molecule has 1 heterocycles. The van der Waals surface area contributed by atoms with Crippen LogP contribution in [0.2, 0.25) is 0 Å². The van der Waals surface area contributed by atoms with Crippen molar-refractivity contribution in [2.45, 2.75) is 33.8 Å². The van der Waals surface area contributed by atoms with Crippen LogP contribution in [0.1, 0.15) is 29.2 Å². The third kappa shape index (κ3) is 3.51. The summed E-state index contributed by atoms with van der Waals surface area (Å²) in [5, 5.41) is 4.24. The Labute approximate surface area is 155 Å². The number of hydrogen-bond donors (Lipinski definition) is 1. The van der Waals surface area contributed by atoms with Crippen molar-refractivity contribution < 1.29 is 9.47 Å². The van der Waals surface area contributed by atoms with Gasteiger partial charge in [-0.2, -0.15) is 0 Å². The number of nitrogens with one attached hydrogen (secondary N) is 1. The molecule has 0 spiro atoms. The zero-order valence-corrected chi connectivity index (χ0v) is 16.1. The van der Waals surface area contributed by atoms with Gasteiger partial charge in [0.25, 0.3) is 0 Å². The lowest BCUT2D eigenvalue weighted by atomic mass is 10.0. The fourth-order valence-corrected chi connectivity index (χ4v) is 3.25. The second kappa shape index (κ2) is 7.75. The molecule has 0 atom stereocenters. The summed E-state index contributed by atoms with van der Waals surface area (Å²) in [5.74, 6) is 1.70. The van der Waals surface area contributed by atoms with Crippen LogP contribution in [0.4, 0.5) is 5.69 Å². The van der Waals surface area contributed by atoms with E-state index in [9.17, 15) is 0 Å². The van der Waals surface area contributed by atoms with Crippen LogP contribution in [0.3, 0.4) is 0 Å². The van der Waals surface area contributed by atoms with Crippen LogP contribution in [0.15, 0.2) is 36.5 Å². The summed E-state index contributed by atoms with van der Waals surface area (Å²) in [6.07, 6.45) is 2.74. The third-order valence-corrected chi connectivity index (χ3v) is 4.71. The number of methoxy groups -OCH3 is 1. The summed E-state index contributed by atoms with van der Waals surface area (Å²) < 4.78 is 11.6. The smallest absolute Gasteiger partial charge is 0.138 e. The summed E-state index contributed by atoms with van der Waals surface area (Å²) in [6, 6.07) is 10.4. The van der Waals surface area contributed by atoms with E-state index in [0.29, 0.717) is 6.61 Å². The number of pyridine rings is 1. The molecule has 0 saturated heterocycles. The summed E-state index contributed by atoms with van der Waals surface area (Å²) in [7, 11) is 3.65. The van der Waals surface area contributed by atoms with E-state index in [4.69, 9.17) is 9.47 Å². The van der Waals surface area contributed by atoms with E-state index in [1.807, 2.05) is 13.1 Å². The SMILES string of the molecule is CCc1cc2c(Oc3cc(C)c(NC)cc3C)ccnc2cc1COC. The Morgan fingerprint density at radius 3 is 2.50 bits per heavy atom. The maximum atomic E-state index is 6.30. The monoisotopic (exact) mass is 350 g/mol. The Morgan fingerprint density at radius 1 is 1.00 bits per heavy atom. The van der Waals surface area contributed by atoms with Crippen molar-refractivity contribution >= 4 is 16.6 Å². The molecule has 0 radical (unpaired) electrons. The van der Waals surface area contributed by atoms with Crippen molar-refractivity contribution in [3.8, 4) is 11.5 Å². The zero-order chi connectivity index (χ0) is 18.7. The van der Waals surface area contributed by atoms with Gasteiger partial charge in [-0.05, 0) is 72.9 Å². The predicted octanol–water partition coefficient (Wildman–Crippen LogP) is 5.39. The van der Waals surface area contributed by atoms with Gasteiger partial charge in [0.05, 0.1) is 12.1 Å². The molecule has 0 bridgehead atoms. The molecule has 26 heavy (non-hydrogen) atoms. The van der Waals surface area contributed by atoms with Gasteiger partial charge in [0.2, 0.25) is 0 Å². The largest absolute Gasteiger partial charge is 0.456 e. The molecule has 4 nitrogen and oxygen atoms in total. The van der Waals surface area contributed by atoms with E-state index in [-0.39, 0.29) is 0 Å². The highest BCUT2D eigenvalue weighted by molar-refractivity contribution is 5.86. The maximum Gasteiger partial charge on any atom is 0.138 e. The minimum atomic E-state index is 0.593. The minimum absolute atomic E-state index is 0.593. The maximum absolute atomic E-state index is 6.30. The second-order valence-electron chi connectivity index (χ2n) is 6.52.